The predicted octanol–water partition coefficient (Wildman–Crippen LogP) is 2.30. The highest BCUT2D eigenvalue weighted by atomic mass is 28.4. The number of rotatable bonds is 14. The van der Waals surface area contributed by atoms with E-state index < -0.39 is 8.80 Å². The van der Waals surface area contributed by atoms with E-state index in [0.717, 1.165) is 44.6 Å². The third-order valence-electron chi connectivity index (χ3n) is 3.69. The van der Waals surface area contributed by atoms with E-state index in [9.17, 15) is 5.11 Å². The fourth-order valence-corrected chi connectivity index (χ4v) is 4.10. The molecule has 0 radical (unpaired) electrons. The van der Waals surface area contributed by atoms with Gasteiger partial charge in [0.25, 0.3) is 0 Å². The first-order valence-corrected chi connectivity index (χ1v) is 9.61. The molecule has 0 aliphatic carbocycles. The standard InChI is InChI=1S/C14H33NO4Si/c1-17-20(18-2,19-3)13-8-6-4-5-7-10-14(16)11-9-12-15/h14,16H,4-13,15H2,1-3H3. The molecule has 0 bridgehead atoms. The summed E-state index contributed by atoms with van der Waals surface area (Å²) >= 11 is 0. The molecular weight excluding hydrogens is 274 g/mol. The van der Waals surface area contributed by atoms with Gasteiger partial charge in [0.05, 0.1) is 6.10 Å². The van der Waals surface area contributed by atoms with Gasteiger partial charge < -0.3 is 24.1 Å². The Morgan fingerprint density at radius 1 is 0.850 bits per heavy atom. The average Bonchev–Trinajstić information content (AvgIpc) is 2.48. The first-order valence-electron chi connectivity index (χ1n) is 7.67. The fourth-order valence-electron chi connectivity index (χ4n) is 2.31. The molecule has 0 aromatic carbocycles. The maximum atomic E-state index is 9.69. The lowest BCUT2D eigenvalue weighted by Gasteiger charge is -2.24. The molecule has 0 spiro atoms. The Kier molecular flexibility index (Phi) is 12.7. The number of nitrogens with two attached hydrogens (primary N) is 1. The molecule has 3 N–H and O–H groups in total. The fraction of sp³-hybridized carbons (Fsp3) is 1.00. The van der Waals surface area contributed by atoms with E-state index in [1.54, 1.807) is 21.3 Å². The van der Waals surface area contributed by atoms with Gasteiger partial charge >= 0.3 is 8.80 Å². The van der Waals surface area contributed by atoms with Crippen LogP contribution in [0.1, 0.15) is 51.4 Å². The molecule has 1 unspecified atom stereocenters. The first kappa shape index (κ1) is 20.0. The smallest absolute Gasteiger partial charge is 0.393 e. The van der Waals surface area contributed by atoms with E-state index in [0.29, 0.717) is 6.54 Å². The van der Waals surface area contributed by atoms with Gasteiger partial charge in [0.15, 0.2) is 0 Å². The molecule has 0 rings (SSSR count). The molecule has 0 saturated carbocycles. The van der Waals surface area contributed by atoms with E-state index in [1.807, 2.05) is 0 Å². The number of hydrogen-bond acceptors (Lipinski definition) is 5. The highest BCUT2D eigenvalue weighted by Crippen LogP contribution is 2.18. The molecule has 122 valence electrons. The molecule has 0 saturated heterocycles. The maximum Gasteiger partial charge on any atom is 0.500 e. The van der Waals surface area contributed by atoms with Crippen molar-refractivity contribution < 1.29 is 18.4 Å². The van der Waals surface area contributed by atoms with Gasteiger partial charge in [-0.05, 0) is 32.2 Å². The molecular formula is C14H33NO4Si. The van der Waals surface area contributed by atoms with Crippen LogP contribution in [0.25, 0.3) is 0 Å². The van der Waals surface area contributed by atoms with Crippen molar-refractivity contribution >= 4 is 8.80 Å². The summed E-state index contributed by atoms with van der Waals surface area (Å²) in [5, 5.41) is 9.69. The Labute approximate surface area is 125 Å². The lowest BCUT2D eigenvalue weighted by Crippen LogP contribution is -2.42. The van der Waals surface area contributed by atoms with Crippen molar-refractivity contribution in [2.75, 3.05) is 27.9 Å². The second-order valence-corrected chi connectivity index (χ2v) is 8.28. The zero-order chi connectivity index (χ0) is 15.3. The highest BCUT2D eigenvalue weighted by molar-refractivity contribution is 6.60. The van der Waals surface area contributed by atoms with Crippen molar-refractivity contribution in [3.8, 4) is 0 Å². The summed E-state index contributed by atoms with van der Waals surface area (Å²) in [7, 11) is 2.59. The van der Waals surface area contributed by atoms with E-state index in [-0.39, 0.29) is 6.10 Å². The minimum Gasteiger partial charge on any atom is -0.393 e. The van der Waals surface area contributed by atoms with Crippen molar-refractivity contribution in [2.45, 2.75) is 63.5 Å². The van der Waals surface area contributed by atoms with Gasteiger partial charge in [-0.1, -0.05) is 25.7 Å². The number of hydrogen-bond donors (Lipinski definition) is 2. The van der Waals surface area contributed by atoms with Crippen LogP contribution in [0.4, 0.5) is 0 Å². The molecule has 0 heterocycles. The van der Waals surface area contributed by atoms with Crippen molar-refractivity contribution in [3.05, 3.63) is 0 Å². The van der Waals surface area contributed by atoms with Gasteiger partial charge in [0, 0.05) is 27.4 Å². The summed E-state index contributed by atoms with van der Waals surface area (Å²) < 4.78 is 16.2. The Morgan fingerprint density at radius 3 is 1.90 bits per heavy atom. The minimum atomic E-state index is -2.37. The van der Waals surface area contributed by atoms with Crippen LogP contribution in [0.3, 0.4) is 0 Å². The summed E-state index contributed by atoms with van der Waals surface area (Å²) in [6.07, 6.45) is 8.14. The Hall–Kier alpha value is 0.0169. The summed E-state index contributed by atoms with van der Waals surface area (Å²) in [5.41, 5.74) is 5.42. The third kappa shape index (κ3) is 9.04. The molecule has 0 aromatic heterocycles. The molecule has 6 heteroatoms. The van der Waals surface area contributed by atoms with Crippen LogP contribution in [0, 0.1) is 0 Å². The topological polar surface area (TPSA) is 73.9 Å². The second-order valence-electron chi connectivity index (χ2n) is 5.19. The van der Waals surface area contributed by atoms with Crippen molar-refractivity contribution in [1.82, 2.24) is 0 Å². The molecule has 0 fully saturated rings. The summed E-state index contributed by atoms with van der Waals surface area (Å²) in [6.45, 7) is 0.668. The van der Waals surface area contributed by atoms with Crippen LogP contribution in [-0.2, 0) is 13.3 Å². The monoisotopic (exact) mass is 307 g/mol. The molecule has 20 heavy (non-hydrogen) atoms. The van der Waals surface area contributed by atoms with Gasteiger partial charge in [0.2, 0.25) is 0 Å². The SMILES string of the molecule is CO[Si](CCCCCCCC(O)CCCN)(OC)OC. The summed E-state index contributed by atoms with van der Waals surface area (Å²) in [6, 6.07) is 0.871. The van der Waals surface area contributed by atoms with Gasteiger partial charge in [-0.15, -0.1) is 0 Å². The van der Waals surface area contributed by atoms with Crippen molar-refractivity contribution in [3.63, 3.8) is 0 Å². The summed E-state index contributed by atoms with van der Waals surface area (Å²) in [4.78, 5) is 0. The van der Waals surface area contributed by atoms with Crippen LogP contribution < -0.4 is 5.73 Å². The maximum absolute atomic E-state index is 9.69. The molecule has 0 aromatic rings. The number of aliphatic hydroxyl groups excluding tert-OH is 1. The van der Waals surface area contributed by atoms with E-state index in [2.05, 4.69) is 0 Å². The van der Waals surface area contributed by atoms with Crippen LogP contribution in [0.2, 0.25) is 6.04 Å². The quantitative estimate of drug-likeness (QED) is 0.380. The zero-order valence-electron chi connectivity index (χ0n) is 13.4. The van der Waals surface area contributed by atoms with Crippen LogP contribution in [0.5, 0.6) is 0 Å². The minimum absolute atomic E-state index is 0.172. The Bertz CT molecular complexity index is 207. The van der Waals surface area contributed by atoms with Gasteiger partial charge in [-0.25, -0.2) is 0 Å². The van der Waals surface area contributed by atoms with Crippen LogP contribution in [0.15, 0.2) is 0 Å². The van der Waals surface area contributed by atoms with Gasteiger partial charge in [-0.2, -0.15) is 0 Å². The van der Waals surface area contributed by atoms with Crippen LogP contribution >= 0.6 is 0 Å². The molecule has 0 aliphatic heterocycles. The largest absolute Gasteiger partial charge is 0.500 e. The zero-order valence-corrected chi connectivity index (χ0v) is 14.4. The van der Waals surface area contributed by atoms with Crippen LogP contribution in [-0.4, -0.2) is 47.9 Å². The number of aliphatic hydroxyl groups is 1. The third-order valence-corrected chi connectivity index (χ3v) is 6.53. The van der Waals surface area contributed by atoms with E-state index >= 15 is 0 Å². The van der Waals surface area contributed by atoms with Crippen molar-refractivity contribution in [1.29, 1.82) is 0 Å². The van der Waals surface area contributed by atoms with E-state index in [4.69, 9.17) is 19.0 Å². The van der Waals surface area contributed by atoms with E-state index in [1.165, 1.54) is 12.8 Å². The first-order chi connectivity index (χ1) is 9.64. The Balaban J connectivity index is 3.48. The van der Waals surface area contributed by atoms with Gasteiger partial charge in [-0.3, -0.25) is 0 Å². The Morgan fingerprint density at radius 2 is 1.35 bits per heavy atom. The molecule has 0 amide bonds. The lowest BCUT2D eigenvalue weighted by molar-refractivity contribution is 0.122. The molecule has 5 nitrogen and oxygen atoms in total. The highest BCUT2D eigenvalue weighted by Gasteiger charge is 2.36. The number of unbranched alkanes of at least 4 members (excludes halogenated alkanes) is 4. The van der Waals surface area contributed by atoms with Crippen molar-refractivity contribution in [2.24, 2.45) is 5.73 Å². The average molecular weight is 308 g/mol. The second kappa shape index (κ2) is 12.7. The molecule has 0 aliphatic rings. The molecule has 1 atom stereocenters. The normalized spacial score (nSPS) is 13.7. The predicted molar refractivity (Wildman–Crippen MR) is 83.6 cm³/mol. The van der Waals surface area contributed by atoms with Gasteiger partial charge in [0.1, 0.15) is 0 Å². The summed E-state index contributed by atoms with van der Waals surface area (Å²) in [5.74, 6) is 0. The lowest BCUT2D eigenvalue weighted by atomic mass is 10.1.